The van der Waals surface area contributed by atoms with Gasteiger partial charge in [0.25, 0.3) is 5.91 Å². The standard InChI is InChI=1S/C19H21F3N2O3/c1-3-4-10-18(2,27-15-7-5-6-14(25)11-15)17(26)24-16-9-8-13(12-23-16)19(20,21)22/h5-9,11-12,25H,3-4,10H2,1-2H3,(H,23,24,26). The summed E-state index contributed by atoms with van der Waals surface area (Å²) in [6, 6.07) is 7.99. The normalized spacial score (nSPS) is 13.7. The molecule has 1 aromatic carbocycles. The van der Waals surface area contributed by atoms with Gasteiger partial charge in [0.1, 0.15) is 17.3 Å². The summed E-state index contributed by atoms with van der Waals surface area (Å²) in [5.74, 6) is -0.235. The van der Waals surface area contributed by atoms with E-state index in [-0.39, 0.29) is 11.6 Å². The van der Waals surface area contributed by atoms with Gasteiger partial charge >= 0.3 is 6.18 Å². The maximum absolute atomic E-state index is 12.8. The number of benzene rings is 1. The second-order valence-electron chi connectivity index (χ2n) is 6.32. The zero-order chi connectivity index (χ0) is 20.1. The number of carbonyl (C=O) groups is 1. The van der Waals surface area contributed by atoms with Crippen molar-refractivity contribution in [2.45, 2.75) is 44.9 Å². The van der Waals surface area contributed by atoms with E-state index in [4.69, 9.17) is 4.74 Å². The quantitative estimate of drug-likeness (QED) is 0.723. The number of hydrogen-bond acceptors (Lipinski definition) is 4. The Kier molecular flexibility index (Phi) is 6.30. The number of carbonyl (C=O) groups excluding carboxylic acids is 1. The lowest BCUT2D eigenvalue weighted by Crippen LogP contribution is -2.45. The van der Waals surface area contributed by atoms with Gasteiger partial charge in [-0.15, -0.1) is 0 Å². The third-order valence-corrected chi connectivity index (χ3v) is 3.98. The molecule has 1 aromatic heterocycles. The van der Waals surface area contributed by atoms with Crippen molar-refractivity contribution in [1.82, 2.24) is 4.98 Å². The van der Waals surface area contributed by atoms with E-state index in [1.54, 1.807) is 19.1 Å². The number of rotatable bonds is 7. The molecule has 1 unspecified atom stereocenters. The van der Waals surface area contributed by atoms with E-state index in [1.165, 1.54) is 12.1 Å². The van der Waals surface area contributed by atoms with Gasteiger partial charge in [0.15, 0.2) is 5.60 Å². The number of aromatic nitrogens is 1. The van der Waals surface area contributed by atoms with Crippen LogP contribution in [0.3, 0.4) is 0 Å². The monoisotopic (exact) mass is 382 g/mol. The first-order valence-corrected chi connectivity index (χ1v) is 8.47. The summed E-state index contributed by atoms with van der Waals surface area (Å²) in [6.07, 6.45) is -1.93. The molecule has 0 bridgehead atoms. The van der Waals surface area contributed by atoms with E-state index >= 15 is 0 Å². The van der Waals surface area contributed by atoms with Gasteiger partial charge < -0.3 is 15.2 Å². The van der Waals surface area contributed by atoms with Crippen molar-refractivity contribution in [2.75, 3.05) is 5.32 Å². The maximum Gasteiger partial charge on any atom is 0.417 e. The highest BCUT2D eigenvalue weighted by atomic mass is 19.4. The highest BCUT2D eigenvalue weighted by Crippen LogP contribution is 2.30. The minimum Gasteiger partial charge on any atom is -0.508 e. The Hall–Kier alpha value is -2.77. The maximum atomic E-state index is 12.8. The zero-order valence-corrected chi connectivity index (χ0v) is 15.0. The smallest absolute Gasteiger partial charge is 0.417 e. The lowest BCUT2D eigenvalue weighted by atomic mass is 9.97. The van der Waals surface area contributed by atoms with Crippen LogP contribution in [0.2, 0.25) is 0 Å². The van der Waals surface area contributed by atoms with Crippen LogP contribution in [0, 0.1) is 0 Å². The molecule has 0 aliphatic carbocycles. The van der Waals surface area contributed by atoms with Crippen molar-refractivity contribution in [3.63, 3.8) is 0 Å². The topological polar surface area (TPSA) is 71.5 Å². The number of phenols is 1. The number of anilines is 1. The first-order chi connectivity index (χ1) is 12.6. The van der Waals surface area contributed by atoms with E-state index in [0.29, 0.717) is 24.8 Å². The predicted molar refractivity (Wildman–Crippen MR) is 94.5 cm³/mol. The largest absolute Gasteiger partial charge is 0.508 e. The highest BCUT2D eigenvalue weighted by molar-refractivity contribution is 5.96. The summed E-state index contributed by atoms with van der Waals surface area (Å²) < 4.78 is 43.7. The Labute approximate surface area is 155 Å². The van der Waals surface area contributed by atoms with Gasteiger partial charge in [0, 0.05) is 12.3 Å². The zero-order valence-electron chi connectivity index (χ0n) is 15.0. The van der Waals surface area contributed by atoms with Crippen LogP contribution in [-0.2, 0) is 11.0 Å². The van der Waals surface area contributed by atoms with Crippen LogP contribution in [0.25, 0.3) is 0 Å². The second-order valence-corrected chi connectivity index (χ2v) is 6.32. The fraction of sp³-hybridized carbons (Fsp3) is 0.368. The average Bonchev–Trinajstić information content (AvgIpc) is 2.59. The van der Waals surface area contributed by atoms with Gasteiger partial charge in [-0.25, -0.2) is 4.98 Å². The molecular weight excluding hydrogens is 361 g/mol. The summed E-state index contributed by atoms with van der Waals surface area (Å²) in [5, 5.41) is 12.1. The molecule has 0 saturated carbocycles. The molecule has 0 aliphatic heterocycles. The van der Waals surface area contributed by atoms with Gasteiger partial charge in [-0.2, -0.15) is 13.2 Å². The van der Waals surface area contributed by atoms with Crippen LogP contribution < -0.4 is 10.1 Å². The number of unbranched alkanes of at least 4 members (excludes halogenated alkanes) is 1. The lowest BCUT2D eigenvalue weighted by molar-refractivity contribution is -0.137. The number of pyridine rings is 1. The molecule has 5 nitrogen and oxygen atoms in total. The van der Waals surface area contributed by atoms with Crippen molar-refractivity contribution >= 4 is 11.7 Å². The number of aromatic hydroxyl groups is 1. The van der Waals surface area contributed by atoms with E-state index in [2.05, 4.69) is 10.3 Å². The second kappa shape index (κ2) is 8.28. The number of nitrogens with one attached hydrogen (secondary N) is 1. The number of ether oxygens (including phenoxy) is 1. The Morgan fingerprint density at radius 1 is 1.26 bits per heavy atom. The molecule has 146 valence electrons. The first kappa shape index (κ1) is 20.5. The number of alkyl halides is 3. The molecule has 8 heteroatoms. The van der Waals surface area contributed by atoms with E-state index < -0.39 is 23.2 Å². The molecule has 27 heavy (non-hydrogen) atoms. The van der Waals surface area contributed by atoms with Crippen LogP contribution >= 0.6 is 0 Å². The summed E-state index contributed by atoms with van der Waals surface area (Å²) in [7, 11) is 0. The predicted octanol–water partition coefficient (Wildman–Crippen LogP) is 4.77. The van der Waals surface area contributed by atoms with Gasteiger partial charge in [-0.1, -0.05) is 19.4 Å². The number of hydrogen-bond donors (Lipinski definition) is 2. The summed E-state index contributed by atoms with van der Waals surface area (Å²) >= 11 is 0. The molecule has 0 saturated heterocycles. The van der Waals surface area contributed by atoms with E-state index in [0.717, 1.165) is 18.6 Å². The molecule has 1 heterocycles. The molecule has 2 N–H and O–H groups in total. The molecule has 1 amide bonds. The van der Waals surface area contributed by atoms with Crippen molar-refractivity contribution in [2.24, 2.45) is 0 Å². The Morgan fingerprint density at radius 3 is 2.56 bits per heavy atom. The third kappa shape index (κ3) is 5.60. The van der Waals surface area contributed by atoms with Gasteiger partial charge in [0.2, 0.25) is 0 Å². The van der Waals surface area contributed by atoms with Crippen LogP contribution in [0.4, 0.5) is 19.0 Å². The molecule has 0 spiro atoms. The van der Waals surface area contributed by atoms with Crippen molar-refractivity contribution in [3.05, 3.63) is 48.2 Å². The van der Waals surface area contributed by atoms with Crippen molar-refractivity contribution < 1.29 is 27.8 Å². The van der Waals surface area contributed by atoms with Gasteiger partial charge in [-0.3, -0.25) is 4.79 Å². The van der Waals surface area contributed by atoms with Gasteiger partial charge in [0.05, 0.1) is 5.56 Å². The Bertz CT molecular complexity index is 779. The van der Waals surface area contributed by atoms with E-state index in [1.807, 2.05) is 6.92 Å². The molecule has 1 atom stereocenters. The third-order valence-electron chi connectivity index (χ3n) is 3.98. The Morgan fingerprint density at radius 2 is 2.00 bits per heavy atom. The molecule has 2 aromatic rings. The van der Waals surface area contributed by atoms with Crippen LogP contribution in [0.5, 0.6) is 11.5 Å². The number of halogens is 3. The SMILES string of the molecule is CCCCC(C)(Oc1cccc(O)c1)C(=O)Nc1ccc(C(F)(F)F)cn1. The van der Waals surface area contributed by atoms with Crippen LogP contribution in [0.1, 0.15) is 38.7 Å². The van der Waals surface area contributed by atoms with Crippen molar-refractivity contribution in [3.8, 4) is 11.5 Å². The minimum absolute atomic E-state index is 0.00441. The lowest BCUT2D eigenvalue weighted by Gasteiger charge is -2.29. The number of amides is 1. The minimum atomic E-state index is -4.50. The molecular formula is C19H21F3N2O3. The van der Waals surface area contributed by atoms with Crippen LogP contribution in [0.15, 0.2) is 42.6 Å². The summed E-state index contributed by atoms with van der Waals surface area (Å²) in [5.41, 5.74) is -2.18. The number of nitrogens with zero attached hydrogens (tertiary/aromatic N) is 1. The van der Waals surface area contributed by atoms with E-state index in [9.17, 15) is 23.1 Å². The van der Waals surface area contributed by atoms with Gasteiger partial charge in [-0.05, 0) is 44.0 Å². The molecule has 0 radical (unpaired) electrons. The summed E-state index contributed by atoms with van der Waals surface area (Å²) in [6.45, 7) is 3.55. The molecule has 2 rings (SSSR count). The fourth-order valence-electron chi connectivity index (χ4n) is 2.42. The van der Waals surface area contributed by atoms with Crippen molar-refractivity contribution in [1.29, 1.82) is 0 Å². The Balaban J connectivity index is 2.18. The first-order valence-electron chi connectivity index (χ1n) is 8.47. The number of phenolic OH excluding ortho intramolecular Hbond substituents is 1. The fourth-order valence-corrected chi connectivity index (χ4v) is 2.42. The molecule has 0 fully saturated rings. The highest BCUT2D eigenvalue weighted by Gasteiger charge is 2.36. The summed E-state index contributed by atoms with van der Waals surface area (Å²) in [4.78, 5) is 16.4. The average molecular weight is 382 g/mol. The van der Waals surface area contributed by atoms with Crippen LogP contribution in [-0.4, -0.2) is 21.6 Å². The molecule has 0 aliphatic rings.